The van der Waals surface area contributed by atoms with E-state index >= 15 is 0 Å². The molecule has 0 aliphatic carbocycles. The van der Waals surface area contributed by atoms with Gasteiger partial charge in [0, 0.05) is 18.2 Å². The number of phenols is 1. The first kappa shape index (κ1) is 28.9. The number of H-pyrrole nitrogens is 1. The van der Waals surface area contributed by atoms with Crippen molar-refractivity contribution in [2.24, 2.45) is 0 Å². The zero-order valence-electron chi connectivity index (χ0n) is 24.9. The summed E-state index contributed by atoms with van der Waals surface area (Å²) in [5, 5.41) is 12.2. The lowest BCUT2D eigenvalue weighted by Crippen LogP contribution is -2.43. The average Bonchev–Trinajstić information content (AvgIpc) is 3.62. The molecule has 9 heteroatoms. The molecular formula is C34H35N3O5S. The predicted molar refractivity (Wildman–Crippen MR) is 168 cm³/mol. The number of sulfonamides is 1. The van der Waals surface area contributed by atoms with Crippen LogP contribution in [0.4, 0.5) is 0 Å². The summed E-state index contributed by atoms with van der Waals surface area (Å²) in [7, 11) is -4.09. The molecular weight excluding hydrogens is 562 g/mol. The molecule has 8 nitrogen and oxygen atoms in total. The number of aromatic nitrogens is 2. The van der Waals surface area contributed by atoms with Gasteiger partial charge in [-0.2, -0.15) is 4.31 Å². The Balaban J connectivity index is 1.37. The minimum absolute atomic E-state index is 0.0795. The number of carbonyl (C=O) groups is 1. The number of rotatable bonds is 5. The summed E-state index contributed by atoms with van der Waals surface area (Å²) in [6.45, 7) is 9.65. The molecule has 0 spiro atoms. The molecule has 1 aromatic heterocycles. The minimum atomic E-state index is -4.09. The largest absolute Gasteiger partial charge is 0.507 e. The second kappa shape index (κ2) is 10.5. The van der Waals surface area contributed by atoms with Gasteiger partial charge in [0.15, 0.2) is 0 Å². The van der Waals surface area contributed by atoms with Crippen LogP contribution in [0.2, 0.25) is 0 Å². The standard InChI is InChI=1S/C34H35N3O5S/c1-20-11-12-23(16-21(20)2)22-8-6-9-25(17-22)32-35-27-14-13-24-18-26(19-29(38)30(24)31(27)36-32)43(40,41)37-15-7-10-28(37)33(39)42-34(3,4)5/h6,8-9,11-14,16-19,28,38H,7,10,15H2,1-5H3,(H,35,36)/t28-/m0/s1. The predicted octanol–water partition coefficient (Wildman–Crippen LogP) is 6.87. The fraction of sp³-hybridized carbons (Fsp3) is 0.294. The number of carbonyl (C=O) groups excluding carboxylic acids is 1. The maximum Gasteiger partial charge on any atom is 0.324 e. The lowest BCUT2D eigenvalue weighted by atomic mass is 9.99. The van der Waals surface area contributed by atoms with Gasteiger partial charge in [-0.3, -0.25) is 4.79 Å². The Labute approximate surface area is 251 Å². The third kappa shape index (κ3) is 5.39. The molecule has 4 aromatic carbocycles. The molecule has 1 saturated heterocycles. The van der Waals surface area contributed by atoms with Gasteiger partial charge < -0.3 is 14.8 Å². The van der Waals surface area contributed by atoms with Crippen LogP contribution in [0.25, 0.3) is 44.3 Å². The Morgan fingerprint density at radius 1 is 0.977 bits per heavy atom. The van der Waals surface area contributed by atoms with E-state index in [1.165, 1.54) is 27.6 Å². The summed E-state index contributed by atoms with van der Waals surface area (Å²) >= 11 is 0. The summed E-state index contributed by atoms with van der Waals surface area (Å²) < 4.78 is 34.2. The lowest BCUT2D eigenvalue weighted by molar-refractivity contribution is -0.158. The van der Waals surface area contributed by atoms with E-state index in [2.05, 4.69) is 49.2 Å². The van der Waals surface area contributed by atoms with Gasteiger partial charge >= 0.3 is 5.97 Å². The van der Waals surface area contributed by atoms with Crippen molar-refractivity contribution in [1.29, 1.82) is 0 Å². The highest BCUT2D eigenvalue weighted by atomic mass is 32.2. The van der Waals surface area contributed by atoms with Crippen LogP contribution >= 0.6 is 0 Å². The van der Waals surface area contributed by atoms with Gasteiger partial charge in [0.25, 0.3) is 0 Å². The van der Waals surface area contributed by atoms with Gasteiger partial charge in [-0.05, 0) is 93.3 Å². The summed E-state index contributed by atoms with van der Waals surface area (Å²) in [5.74, 6) is -0.121. The first-order valence-electron chi connectivity index (χ1n) is 14.4. The molecule has 0 radical (unpaired) electrons. The van der Waals surface area contributed by atoms with Crippen molar-refractivity contribution in [1.82, 2.24) is 14.3 Å². The molecule has 2 N–H and O–H groups in total. The average molecular weight is 598 g/mol. The second-order valence-corrected chi connectivity index (χ2v) is 14.2. The van der Waals surface area contributed by atoms with Gasteiger partial charge in [0.05, 0.1) is 15.8 Å². The lowest BCUT2D eigenvalue weighted by Gasteiger charge is -2.27. The van der Waals surface area contributed by atoms with Gasteiger partial charge in [-0.15, -0.1) is 0 Å². The maximum atomic E-state index is 13.7. The van der Waals surface area contributed by atoms with E-state index in [0.29, 0.717) is 35.0 Å². The molecule has 0 unspecified atom stereocenters. The van der Waals surface area contributed by atoms with Crippen molar-refractivity contribution >= 4 is 37.8 Å². The summed E-state index contributed by atoms with van der Waals surface area (Å²) in [4.78, 5) is 21.0. The first-order valence-corrected chi connectivity index (χ1v) is 15.8. The SMILES string of the molecule is Cc1ccc(-c2cccc(-c3nc4c(ccc5cc(S(=O)(=O)N6CCC[C@H]6C(=O)OC(C)(C)C)cc(O)c54)[nH]3)c2)cc1C. The van der Waals surface area contributed by atoms with E-state index in [9.17, 15) is 18.3 Å². The molecule has 0 amide bonds. The van der Waals surface area contributed by atoms with Crippen LogP contribution < -0.4 is 0 Å². The van der Waals surface area contributed by atoms with Crippen molar-refractivity contribution in [2.75, 3.05) is 6.54 Å². The molecule has 0 saturated carbocycles. The fourth-order valence-corrected chi connectivity index (χ4v) is 7.41. The Bertz CT molecular complexity index is 2010. The minimum Gasteiger partial charge on any atom is -0.507 e. The monoisotopic (exact) mass is 597 g/mol. The summed E-state index contributed by atoms with van der Waals surface area (Å²) in [5.41, 5.74) is 6.06. The highest BCUT2D eigenvalue weighted by Crippen LogP contribution is 2.37. The van der Waals surface area contributed by atoms with Crippen LogP contribution in [0.3, 0.4) is 0 Å². The van der Waals surface area contributed by atoms with Gasteiger partial charge in [-0.1, -0.05) is 42.5 Å². The van der Waals surface area contributed by atoms with Crippen molar-refractivity contribution in [3.8, 4) is 28.3 Å². The van der Waals surface area contributed by atoms with Crippen LogP contribution in [0.1, 0.15) is 44.7 Å². The van der Waals surface area contributed by atoms with Crippen molar-refractivity contribution < 1.29 is 23.1 Å². The third-order valence-corrected chi connectivity index (χ3v) is 9.87. The number of phenolic OH excluding ortho intramolecular Hbond substituents is 1. The smallest absolute Gasteiger partial charge is 0.324 e. The Hall–Kier alpha value is -4.21. The maximum absolute atomic E-state index is 13.7. The molecule has 1 atom stereocenters. The molecule has 1 aliphatic rings. The zero-order valence-corrected chi connectivity index (χ0v) is 25.7. The van der Waals surface area contributed by atoms with Crippen LogP contribution in [0, 0.1) is 13.8 Å². The van der Waals surface area contributed by atoms with E-state index < -0.39 is 27.6 Å². The first-order chi connectivity index (χ1) is 20.3. The molecule has 1 fully saturated rings. The summed E-state index contributed by atoms with van der Waals surface area (Å²) in [6.07, 6.45) is 0.930. The highest BCUT2D eigenvalue weighted by molar-refractivity contribution is 7.89. The highest BCUT2D eigenvalue weighted by Gasteiger charge is 2.41. The number of aromatic hydroxyl groups is 1. The van der Waals surface area contributed by atoms with Crippen LogP contribution in [-0.2, 0) is 19.6 Å². The van der Waals surface area contributed by atoms with E-state index in [0.717, 1.165) is 22.2 Å². The number of benzene rings is 4. The number of ether oxygens (including phenoxy) is 1. The van der Waals surface area contributed by atoms with E-state index in [1.807, 2.05) is 18.2 Å². The van der Waals surface area contributed by atoms with E-state index in [-0.39, 0.29) is 17.2 Å². The van der Waals surface area contributed by atoms with Gasteiger partial charge in [0.1, 0.15) is 28.7 Å². The summed E-state index contributed by atoms with van der Waals surface area (Å²) in [6, 6.07) is 20.0. The van der Waals surface area contributed by atoms with Gasteiger partial charge in [-0.25, -0.2) is 13.4 Å². The number of hydrogen-bond acceptors (Lipinski definition) is 6. The number of aryl methyl sites for hydroxylation is 2. The number of nitrogens with one attached hydrogen (secondary N) is 1. The molecule has 5 aromatic rings. The molecule has 0 bridgehead atoms. The Morgan fingerprint density at radius 2 is 1.72 bits per heavy atom. The fourth-order valence-electron chi connectivity index (χ4n) is 5.70. The third-order valence-electron chi connectivity index (χ3n) is 7.99. The Morgan fingerprint density at radius 3 is 2.47 bits per heavy atom. The molecule has 2 heterocycles. The molecule has 1 aliphatic heterocycles. The zero-order chi connectivity index (χ0) is 30.7. The number of hydrogen-bond donors (Lipinski definition) is 2. The van der Waals surface area contributed by atoms with Crippen molar-refractivity contribution in [3.05, 3.63) is 77.9 Å². The normalized spacial score (nSPS) is 16.3. The molecule has 43 heavy (non-hydrogen) atoms. The number of imidazole rings is 1. The van der Waals surface area contributed by atoms with Gasteiger partial charge in [0.2, 0.25) is 10.0 Å². The van der Waals surface area contributed by atoms with Crippen LogP contribution in [-0.4, -0.2) is 52.0 Å². The van der Waals surface area contributed by atoms with Crippen LogP contribution in [0.5, 0.6) is 5.75 Å². The number of aromatic amines is 1. The number of fused-ring (bicyclic) bond motifs is 3. The molecule has 222 valence electrons. The van der Waals surface area contributed by atoms with E-state index in [4.69, 9.17) is 9.72 Å². The van der Waals surface area contributed by atoms with Crippen molar-refractivity contribution in [2.45, 2.75) is 64.0 Å². The van der Waals surface area contributed by atoms with Crippen molar-refractivity contribution in [3.63, 3.8) is 0 Å². The number of nitrogens with zero attached hydrogens (tertiary/aromatic N) is 2. The topological polar surface area (TPSA) is 113 Å². The second-order valence-electron chi connectivity index (χ2n) is 12.3. The van der Waals surface area contributed by atoms with Crippen LogP contribution in [0.15, 0.2) is 71.6 Å². The quantitative estimate of drug-likeness (QED) is 0.214. The molecule has 6 rings (SSSR count). The number of esters is 1. The Kier molecular flexibility index (Phi) is 7.06. The van der Waals surface area contributed by atoms with E-state index in [1.54, 1.807) is 26.8 Å².